The van der Waals surface area contributed by atoms with Crippen molar-refractivity contribution in [2.45, 2.75) is 45.6 Å². The molecule has 4 rings (SSSR count). The lowest BCUT2D eigenvalue weighted by atomic mass is 9.98. The number of aromatic nitrogens is 3. The van der Waals surface area contributed by atoms with E-state index in [4.69, 9.17) is 9.72 Å². The summed E-state index contributed by atoms with van der Waals surface area (Å²) in [6.07, 6.45) is 8.09. The maximum atomic E-state index is 14.3. The smallest absolute Gasteiger partial charge is 0.225 e. The predicted octanol–water partition coefficient (Wildman–Crippen LogP) is 4.55. The highest BCUT2D eigenvalue weighted by Gasteiger charge is 2.24. The maximum Gasteiger partial charge on any atom is 0.225 e. The van der Waals surface area contributed by atoms with Gasteiger partial charge in [-0.05, 0) is 49.9 Å². The molecule has 9 heteroatoms. The van der Waals surface area contributed by atoms with Crippen LogP contribution in [0.5, 0.6) is 5.75 Å². The Morgan fingerprint density at radius 1 is 1.24 bits per heavy atom. The van der Waals surface area contributed by atoms with Crippen molar-refractivity contribution in [2.24, 2.45) is 0 Å². The van der Waals surface area contributed by atoms with Crippen molar-refractivity contribution < 1.29 is 13.9 Å². The normalized spacial score (nSPS) is 15.1. The van der Waals surface area contributed by atoms with Crippen molar-refractivity contribution >= 4 is 23.5 Å². The Hall–Kier alpha value is -3.07. The van der Waals surface area contributed by atoms with Crippen LogP contribution < -0.4 is 9.64 Å². The van der Waals surface area contributed by atoms with Crippen LogP contribution in [0.15, 0.2) is 36.0 Å². The highest BCUT2D eigenvalue weighted by Crippen LogP contribution is 2.31. The molecule has 3 heterocycles. The number of ether oxygens (including phenoxy) is 1. The molecule has 174 valence electrons. The number of piperidine rings is 1. The van der Waals surface area contributed by atoms with Gasteiger partial charge in [0.2, 0.25) is 5.95 Å². The molecule has 33 heavy (non-hydrogen) atoms. The van der Waals surface area contributed by atoms with Gasteiger partial charge in [-0.1, -0.05) is 6.92 Å². The number of rotatable bonds is 8. The van der Waals surface area contributed by atoms with Crippen molar-refractivity contribution in [1.29, 1.82) is 0 Å². The van der Waals surface area contributed by atoms with Crippen LogP contribution in [0.4, 0.5) is 10.3 Å². The average molecular weight is 470 g/mol. The summed E-state index contributed by atoms with van der Waals surface area (Å²) < 4.78 is 20.7. The van der Waals surface area contributed by atoms with Crippen LogP contribution in [-0.2, 0) is 13.0 Å². The van der Waals surface area contributed by atoms with E-state index in [-0.39, 0.29) is 12.4 Å². The van der Waals surface area contributed by atoms with E-state index in [9.17, 15) is 9.60 Å². The van der Waals surface area contributed by atoms with Crippen LogP contribution in [0.3, 0.4) is 0 Å². The molecule has 0 atom stereocenters. The highest BCUT2D eigenvalue weighted by molar-refractivity contribution is 7.09. The highest BCUT2D eigenvalue weighted by atomic mass is 32.1. The van der Waals surface area contributed by atoms with Crippen molar-refractivity contribution in [2.75, 3.05) is 24.5 Å². The van der Waals surface area contributed by atoms with E-state index in [0.29, 0.717) is 18.0 Å². The number of anilines is 1. The number of halogens is 1. The Morgan fingerprint density at radius 3 is 2.67 bits per heavy atom. The van der Waals surface area contributed by atoms with Crippen LogP contribution in [0.25, 0.3) is 0 Å². The molecule has 1 aromatic carbocycles. The van der Waals surface area contributed by atoms with Gasteiger partial charge in [0, 0.05) is 42.3 Å². The topological polar surface area (TPSA) is 77.2 Å². The van der Waals surface area contributed by atoms with E-state index >= 15 is 0 Å². The van der Waals surface area contributed by atoms with Gasteiger partial charge < -0.3 is 14.8 Å². The Kier molecular flexibility index (Phi) is 7.49. The van der Waals surface area contributed by atoms with Crippen LogP contribution >= 0.6 is 11.3 Å². The summed E-state index contributed by atoms with van der Waals surface area (Å²) in [7, 11) is 0. The van der Waals surface area contributed by atoms with Gasteiger partial charge in [0.15, 0.2) is 24.3 Å². The van der Waals surface area contributed by atoms with Gasteiger partial charge in [-0.2, -0.15) is 0 Å². The fraction of sp³-hybridized carbons (Fsp3) is 0.417. The molecule has 1 fully saturated rings. The molecule has 0 saturated carbocycles. The molecular formula is C24H28FN5O2S. The molecule has 0 amide bonds. The van der Waals surface area contributed by atoms with E-state index in [1.807, 2.05) is 17.8 Å². The summed E-state index contributed by atoms with van der Waals surface area (Å²) in [5.74, 6) is 0.848. The van der Waals surface area contributed by atoms with Gasteiger partial charge in [-0.25, -0.2) is 24.1 Å². The molecule has 1 aliphatic heterocycles. The van der Waals surface area contributed by atoms with E-state index in [2.05, 4.69) is 21.8 Å². The lowest BCUT2D eigenvalue weighted by molar-refractivity contribution is -0.447. The monoisotopic (exact) mass is 469 g/mol. The fourth-order valence-corrected chi connectivity index (χ4v) is 4.70. The number of aryl methyl sites for hydroxylation is 1. The summed E-state index contributed by atoms with van der Waals surface area (Å²) in [4.78, 5) is 15.9. The van der Waals surface area contributed by atoms with Crippen LogP contribution in [0.1, 0.15) is 54.4 Å². The van der Waals surface area contributed by atoms with E-state index in [0.717, 1.165) is 59.3 Å². The Labute approximate surface area is 197 Å². The summed E-state index contributed by atoms with van der Waals surface area (Å²) in [5.41, 5.74) is 2.44. The number of benzene rings is 1. The molecule has 0 unspecified atom stereocenters. The van der Waals surface area contributed by atoms with E-state index in [1.54, 1.807) is 30.4 Å². The maximum absolute atomic E-state index is 14.3. The zero-order valence-corrected chi connectivity index (χ0v) is 19.7. The number of nitrogens with zero attached hydrogens (tertiary/aromatic N) is 5. The first-order chi connectivity index (χ1) is 16.1. The van der Waals surface area contributed by atoms with Crippen molar-refractivity contribution in [3.05, 3.63) is 68.8 Å². The molecule has 3 aromatic rings. The first-order valence-corrected chi connectivity index (χ1v) is 12.1. The van der Waals surface area contributed by atoms with Crippen molar-refractivity contribution in [3.8, 4) is 5.75 Å². The summed E-state index contributed by atoms with van der Waals surface area (Å²) in [5, 5.41) is 14.5. The minimum atomic E-state index is -0.495. The van der Waals surface area contributed by atoms with Gasteiger partial charge in [0.05, 0.1) is 10.7 Å². The Balaban J connectivity index is 1.30. The summed E-state index contributed by atoms with van der Waals surface area (Å²) >= 11 is 1.63. The summed E-state index contributed by atoms with van der Waals surface area (Å²) in [6.45, 7) is 6.14. The largest absolute Gasteiger partial charge is 0.624 e. The molecule has 7 nitrogen and oxygen atoms in total. The average Bonchev–Trinajstić information content (AvgIpc) is 3.33. The molecule has 2 aromatic heterocycles. The number of thiazole rings is 1. The Bertz CT molecular complexity index is 1090. The minimum absolute atomic E-state index is 0.151. The third kappa shape index (κ3) is 5.84. The molecular weight excluding hydrogens is 441 g/mol. The van der Waals surface area contributed by atoms with E-state index < -0.39 is 5.82 Å². The molecule has 0 radical (unpaired) electrons. The van der Waals surface area contributed by atoms with Gasteiger partial charge in [0.1, 0.15) is 6.61 Å². The molecule has 1 saturated heterocycles. The second-order valence-corrected chi connectivity index (χ2v) is 8.91. The standard InChI is InChI=1S/C24H28FN5O2S/c1-3-17-12-26-24(27-13-17)29-9-7-19(8-10-29)23-28-20(16-33-23)15-32-22-6-5-18(11-21(22)25)14-30(31)4-2/h5-6,11-14,16,19H,3-4,7-10,15H2,1-2H3/b30-14-. The second kappa shape index (κ2) is 10.7. The van der Waals surface area contributed by atoms with Gasteiger partial charge in [-0.3, -0.25) is 0 Å². The number of hydrogen-bond acceptors (Lipinski definition) is 7. The van der Waals surface area contributed by atoms with E-state index in [1.165, 1.54) is 12.3 Å². The quantitative estimate of drug-likeness (QED) is 0.209. The van der Waals surface area contributed by atoms with Crippen LogP contribution in [-0.4, -0.2) is 45.5 Å². The zero-order valence-electron chi connectivity index (χ0n) is 18.9. The molecule has 1 aliphatic rings. The Morgan fingerprint density at radius 2 is 2.00 bits per heavy atom. The molecule has 0 bridgehead atoms. The first kappa shape index (κ1) is 23.1. The molecule has 0 N–H and O–H groups in total. The van der Waals surface area contributed by atoms with Gasteiger partial charge >= 0.3 is 0 Å². The predicted molar refractivity (Wildman–Crippen MR) is 128 cm³/mol. The lowest BCUT2D eigenvalue weighted by Crippen LogP contribution is -2.34. The fourth-order valence-electron chi connectivity index (χ4n) is 3.72. The van der Waals surface area contributed by atoms with Crippen LogP contribution in [0.2, 0.25) is 0 Å². The third-order valence-electron chi connectivity index (χ3n) is 5.73. The van der Waals surface area contributed by atoms with Crippen molar-refractivity contribution in [1.82, 2.24) is 15.0 Å². The second-order valence-electron chi connectivity index (χ2n) is 8.02. The molecule has 0 aliphatic carbocycles. The minimum Gasteiger partial charge on any atom is -0.624 e. The zero-order chi connectivity index (χ0) is 23.2. The number of hydrogen-bond donors (Lipinski definition) is 0. The number of hydroxylamine groups is 1. The van der Waals surface area contributed by atoms with Gasteiger partial charge in [0.25, 0.3) is 0 Å². The summed E-state index contributed by atoms with van der Waals surface area (Å²) in [6, 6.07) is 4.51. The third-order valence-corrected chi connectivity index (χ3v) is 6.79. The molecule has 0 spiro atoms. The lowest BCUT2D eigenvalue weighted by Gasteiger charge is -2.31. The first-order valence-electron chi connectivity index (χ1n) is 11.3. The van der Waals surface area contributed by atoms with Crippen molar-refractivity contribution in [3.63, 3.8) is 0 Å². The SMILES string of the molecule is CCc1cnc(N2CCC(c3nc(COc4ccc(/C=[N+](\[O-])CC)cc4F)cs3)CC2)nc1. The van der Waals surface area contributed by atoms with Gasteiger partial charge in [-0.15, -0.1) is 11.3 Å². The van der Waals surface area contributed by atoms with Crippen LogP contribution in [0, 0.1) is 11.0 Å².